The third-order valence-electron chi connectivity index (χ3n) is 15.1. The maximum atomic E-state index is 15.4. The molecule has 3 saturated carbocycles. The zero-order valence-electron chi connectivity index (χ0n) is 32.4. The van der Waals surface area contributed by atoms with Gasteiger partial charge in [-0.15, -0.1) is 0 Å². The van der Waals surface area contributed by atoms with Gasteiger partial charge in [0.15, 0.2) is 5.78 Å². The van der Waals surface area contributed by atoms with E-state index < -0.39 is 28.6 Å². The van der Waals surface area contributed by atoms with Gasteiger partial charge in [-0.3, -0.25) is 9.69 Å². The fourth-order valence-corrected chi connectivity index (χ4v) is 12.5. The molecule has 6 aliphatic carbocycles. The van der Waals surface area contributed by atoms with Gasteiger partial charge in [-0.05, 0) is 91.9 Å². The third-order valence-corrected chi connectivity index (χ3v) is 15.1. The van der Waals surface area contributed by atoms with Crippen LogP contribution >= 0.6 is 0 Å². The molecule has 1 unspecified atom stereocenters. The van der Waals surface area contributed by atoms with E-state index in [0.29, 0.717) is 32.5 Å². The molecule has 2 bridgehead atoms. The van der Waals surface area contributed by atoms with Crippen molar-refractivity contribution in [2.24, 2.45) is 33.5 Å². The summed E-state index contributed by atoms with van der Waals surface area (Å²) in [5.41, 5.74) is 2.19. The van der Waals surface area contributed by atoms with Crippen LogP contribution in [-0.2, 0) is 11.3 Å². The summed E-state index contributed by atoms with van der Waals surface area (Å²) in [6.07, 6.45) is 12.6. The van der Waals surface area contributed by atoms with Gasteiger partial charge in [0, 0.05) is 40.5 Å². The van der Waals surface area contributed by atoms with Crippen LogP contribution in [-0.4, -0.2) is 70.1 Å². The number of allylic oxidation sites excluding steroid dienone is 4. The number of carbonyl (C=O) groups is 1. The second-order valence-corrected chi connectivity index (χ2v) is 17.9. The van der Waals surface area contributed by atoms with Crippen LogP contribution in [0, 0.1) is 33.5 Å². The van der Waals surface area contributed by atoms with Gasteiger partial charge in [-0.2, -0.15) is 0 Å². The molecule has 0 aliphatic heterocycles. The predicted octanol–water partition coefficient (Wildman–Crippen LogP) is 8.42. The average Bonchev–Trinajstić information content (AvgIpc) is 3.45. The Hall–Kier alpha value is -3.39. The molecule has 0 heterocycles. The van der Waals surface area contributed by atoms with Gasteiger partial charge in [0.25, 0.3) is 0 Å². The zero-order chi connectivity index (χ0) is 37.8. The van der Waals surface area contributed by atoms with E-state index in [1.807, 2.05) is 66.7 Å². The lowest BCUT2D eigenvalue weighted by Gasteiger charge is -2.71. The summed E-state index contributed by atoms with van der Waals surface area (Å²) in [6, 6.07) is 28.3. The molecule has 9 rings (SSSR count). The molecule has 3 aromatic rings. The van der Waals surface area contributed by atoms with Crippen molar-refractivity contribution in [1.82, 2.24) is 4.90 Å². The van der Waals surface area contributed by atoms with Gasteiger partial charge in [-0.25, -0.2) is 0 Å². The third kappa shape index (κ3) is 5.90. The Labute approximate surface area is 322 Å². The summed E-state index contributed by atoms with van der Waals surface area (Å²) in [4.78, 5) is 17.7. The van der Waals surface area contributed by atoms with Crippen LogP contribution in [0.25, 0.3) is 11.1 Å². The number of Topliss-reactive ketones (excluding diaryl/α,β-unsaturated/α-hetero) is 1. The molecule has 0 saturated heterocycles. The summed E-state index contributed by atoms with van der Waals surface area (Å²) in [7, 11) is 0. The van der Waals surface area contributed by atoms with E-state index in [2.05, 4.69) is 62.1 Å². The van der Waals surface area contributed by atoms with Gasteiger partial charge >= 0.3 is 0 Å². The summed E-state index contributed by atoms with van der Waals surface area (Å²) >= 11 is 0. The van der Waals surface area contributed by atoms with Gasteiger partial charge in [0.1, 0.15) is 0 Å². The average molecular weight is 730 g/mol. The number of carbonyl (C=O) groups excluding carboxylic acids is 1. The molecular formula is C48H59NO5. The lowest BCUT2D eigenvalue weighted by molar-refractivity contribution is -0.177. The predicted molar refractivity (Wildman–Crippen MR) is 214 cm³/mol. The fraction of sp³-hybridized carbons (Fsp3) is 0.521. The number of hydrogen-bond acceptors (Lipinski definition) is 6. The highest BCUT2D eigenvalue weighted by Gasteiger charge is 2.74. The minimum absolute atomic E-state index is 0.0636. The lowest BCUT2D eigenvalue weighted by atomic mass is 9.32. The number of ether oxygens (including phenoxy) is 1. The number of aliphatic hydroxyl groups excluding tert-OH is 2. The van der Waals surface area contributed by atoms with Crippen LogP contribution in [0.5, 0.6) is 0 Å². The van der Waals surface area contributed by atoms with E-state index in [1.165, 1.54) is 0 Å². The number of nitrogens with zero attached hydrogens (tertiary/aromatic N) is 1. The molecule has 2 spiro atoms. The Morgan fingerprint density at radius 1 is 0.870 bits per heavy atom. The summed E-state index contributed by atoms with van der Waals surface area (Å²) in [6.45, 7) is 9.26. The van der Waals surface area contributed by atoms with Crippen molar-refractivity contribution in [1.29, 1.82) is 0 Å². The molecule has 6 heteroatoms. The van der Waals surface area contributed by atoms with Crippen LogP contribution in [0.2, 0.25) is 0 Å². The van der Waals surface area contributed by atoms with Crippen LogP contribution in [0.3, 0.4) is 0 Å². The normalized spacial score (nSPS) is 35.6. The summed E-state index contributed by atoms with van der Waals surface area (Å²) in [5.74, 6) is 0.371. The smallest absolute Gasteiger partial charge is 0.190 e. The summed E-state index contributed by atoms with van der Waals surface area (Å²) in [5, 5.41) is 35.3. The standard InChI is InChI=1S/C48H59NO5/c1-4-27-49(30-37(51)32-54-31-34-13-7-5-8-14-34)33-47(53)24-21-42-45(47,3)23-20-41-44(2)22-19-36(50)28-46(44)25-26-48(41,42)40(29-46)43(52)39-18-12-11-17-38(39)35-15-9-6-10-16-35/h5-18,25-26,29,36-37,41-42,50-51,53H,4,19-24,27-28,30-33H2,1-3H3/t36?,37-,41-,42-,44-,45+,46+,47-,48-/m1/s1. The van der Waals surface area contributed by atoms with Gasteiger partial charge < -0.3 is 20.1 Å². The molecule has 6 aliphatic rings. The molecule has 0 radical (unpaired) electrons. The SMILES string of the molecule is CCCN(C[C@@H](O)COCc1ccccc1)C[C@]1(O)CC[C@H]2[C@]34C=C[C@@]5(C=C3C(=O)c3ccccc3-c3ccccc3)CC(O)CC[C@]5(C)[C@H]4CC[C@@]21C. The molecule has 286 valence electrons. The van der Waals surface area contributed by atoms with Crippen molar-refractivity contribution in [2.45, 2.75) is 96.6 Å². The minimum Gasteiger partial charge on any atom is -0.393 e. The first kappa shape index (κ1) is 37.5. The molecule has 9 atom stereocenters. The largest absolute Gasteiger partial charge is 0.393 e. The molecule has 3 aromatic carbocycles. The molecule has 6 nitrogen and oxygen atoms in total. The summed E-state index contributed by atoms with van der Waals surface area (Å²) < 4.78 is 5.92. The maximum absolute atomic E-state index is 15.4. The zero-order valence-corrected chi connectivity index (χ0v) is 32.4. The van der Waals surface area contributed by atoms with Crippen LogP contribution < -0.4 is 0 Å². The van der Waals surface area contributed by atoms with Gasteiger partial charge in [0.2, 0.25) is 0 Å². The van der Waals surface area contributed by atoms with Crippen LogP contribution in [0.4, 0.5) is 0 Å². The molecule has 0 aromatic heterocycles. The first-order valence-corrected chi connectivity index (χ1v) is 20.5. The van der Waals surface area contributed by atoms with Crippen molar-refractivity contribution in [3.8, 4) is 11.1 Å². The lowest BCUT2D eigenvalue weighted by Crippen LogP contribution is -2.67. The number of fused-ring (bicyclic) bond motifs is 1. The van der Waals surface area contributed by atoms with Crippen LogP contribution in [0.1, 0.15) is 88.1 Å². The Bertz CT molecular complexity index is 1890. The Balaban J connectivity index is 1.13. The number of aliphatic hydroxyl groups is 3. The Kier molecular flexibility index (Phi) is 9.92. The first-order chi connectivity index (χ1) is 26.0. The van der Waals surface area contributed by atoms with E-state index >= 15 is 4.79 Å². The number of rotatable bonds is 13. The minimum atomic E-state index is -0.989. The number of ketones is 1. The maximum Gasteiger partial charge on any atom is 0.190 e. The van der Waals surface area contributed by atoms with E-state index in [-0.39, 0.29) is 35.1 Å². The van der Waals surface area contributed by atoms with Crippen molar-refractivity contribution in [3.63, 3.8) is 0 Å². The molecule has 3 fully saturated rings. The monoisotopic (exact) mass is 729 g/mol. The second-order valence-electron chi connectivity index (χ2n) is 17.9. The highest BCUT2D eigenvalue weighted by atomic mass is 16.5. The second kappa shape index (κ2) is 14.3. The van der Waals surface area contributed by atoms with E-state index in [4.69, 9.17) is 4.74 Å². The van der Waals surface area contributed by atoms with Gasteiger partial charge in [0.05, 0.1) is 31.0 Å². The quantitative estimate of drug-likeness (QED) is 0.121. The van der Waals surface area contributed by atoms with Crippen molar-refractivity contribution in [3.05, 3.63) is 120 Å². The van der Waals surface area contributed by atoms with E-state index in [9.17, 15) is 15.3 Å². The topological polar surface area (TPSA) is 90.2 Å². The number of hydrogen-bond donors (Lipinski definition) is 3. The van der Waals surface area contributed by atoms with Crippen molar-refractivity contribution in [2.75, 3.05) is 26.2 Å². The van der Waals surface area contributed by atoms with E-state index in [1.54, 1.807) is 0 Å². The Morgan fingerprint density at radius 2 is 1.54 bits per heavy atom. The van der Waals surface area contributed by atoms with Crippen LogP contribution in [0.15, 0.2) is 109 Å². The molecule has 3 N–H and O–H groups in total. The number of benzene rings is 3. The molecule has 54 heavy (non-hydrogen) atoms. The first-order valence-electron chi connectivity index (χ1n) is 20.5. The highest BCUT2D eigenvalue weighted by molar-refractivity contribution is 6.14. The van der Waals surface area contributed by atoms with Crippen molar-refractivity contribution < 1.29 is 24.9 Å². The fourth-order valence-electron chi connectivity index (χ4n) is 12.5. The van der Waals surface area contributed by atoms with Gasteiger partial charge in [-0.1, -0.05) is 124 Å². The highest BCUT2D eigenvalue weighted by Crippen LogP contribution is 2.78. The molecular weight excluding hydrogens is 671 g/mol. The molecule has 0 amide bonds. The van der Waals surface area contributed by atoms with Crippen molar-refractivity contribution >= 4 is 5.78 Å². The van der Waals surface area contributed by atoms with E-state index in [0.717, 1.165) is 72.9 Å². The Morgan fingerprint density at radius 3 is 2.30 bits per heavy atom.